The van der Waals surface area contributed by atoms with E-state index in [1.165, 1.54) is 0 Å². The monoisotopic (exact) mass is 286 g/mol. The molecule has 0 heterocycles. The highest BCUT2D eigenvalue weighted by Gasteiger charge is 2.08. The first-order valence-corrected chi connectivity index (χ1v) is 8.14. The highest BCUT2D eigenvalue weighted by molar-refractivity contribution is 7.91. The van der Waals surface area contributed by atoms with E-state index in [2.05, 4.69) is 25.4 Å². The lowest BCUT2D eigenvalue weighted by Gasteiger charge is -2.02. The first-order chi connectivity index (χ1) is 7.85. The Morgan fingerprint density at radius 1 is 1.00 bits per heavy atom. The number of rotatable bonds is 8. The summed E-state index contributed by atoms with van der Waals surface area (Å²) in [5.74, 6) is 0.787. The molecular formula is C11H23ClO4S. The van der Waals surface area contributed by atoms with Gasteiger partial charge in [-0.25, -0.2) is 13.2 Å². The molecule has 17 heavy (non-hydrogen) atoms. The van der Waals surface area contributed by atoms with Crippen molar-refractivity contribution in [2.45, 2.75) is 52.4 Å². The topological polar surface area (TPSA) is 71.4 Å². The highest BCUT2D eigenvalue weighted by atomic mass is 35.5. The number of sulfone groups is 1. The summed E-state index contributed by atoms with van der Waals surface area (Å²) in [6.45, 7) is 4.17. The Morgan fingerprint density at radius 3 is 1.53 bits per heavy atom. The molecule has 0 unspecified atom stereocenters. The van der Waals surface area contributed by atoms with Crippen molar-refractivity contribution in [2.24, 2.45) is 0 Å². The van der Waals surface area contributed by atoms with Crippen molar-refractivity contribution in [1.29, 1.82) is 0 Å². The van der Waals surface area contributed by atoms with Gasteiger partial charge in [0.25, 0.3) is 0 Å². The van der Waals surface area contributed by atoms with Gasteiger partial charge >= 0.3 is 5.43 Å². The van der Waals surface area contributed by atoms with E-state index in [4.69, 9.17) is 9.90 Å². The van der Waals surface area contributed by atoms with Crippen LogP contribution in [0.15, 0.2) is 0 Å². The molecule has 4 nitrogen and oxygen atoms in total. The molecule has 0 spiro atoms. The number of unbranched alkanes of at least 4 members (excludes halogenated alkanes) is 4. The van der Waals surface area contributed by atoms with Gasteiger partial charge in [-0.2, -0.15) is 0 Å². The number of carbonyl (C=O) groups is 1. The molecule has 0 rings (SSSR count). The van der Waals surface area contributed by atoms with Gasteiger partial charge in [0, 0.05) is 11.6 Å². The molecule has 0 aliphatic carbocycles. The van der Waals surface area contributed by atoms with Gasteiger partial charge in [0.1, 0.15) is 9.84 Å². The van der Waals surface area contributed by atoms with Crippen molar-refractivity contribution >= 4 is 26.9 Å². The third kappa shape index (κ3) is 21.5. The SMILES string of the molecule is CCCCCS(=O)(=O)CCCCC.O=C(O)Cl. The van der Waals surface area contributed by atoms with Crippen LogP contribution in [-0.4, -0.2) is 30.5 Å². The second-order valence-electron chi connectivity index (χ2n) is 3.82. The second kappa shape index (κ2) is 12.2. The third-order valence-electron chi connectivity index (χ3n) is 2.12. The largest absolute Gasteiger partial charge is 0.469 e. The van der Waals surface area contributed by atoms with Crippen LogP contribution in [0.4, 0.5) is 4.79 Å². The second-order valence-corrected chi connectivity index (χ2v) is 6.45. The number of halogens is 1. The fraction of sp³-hybridized carbons (Fsp3) is 0.909. The standard InChI is InChI=1S/C10H22O2S.CHClO2/c1-3-5-7-9-13(11,12)10-8-6-4-2;2-1(3)4/h3-10H2,1-2H3;(H,3,4). The van der Waals surface area contributed by atoms with E-state index in [0.29, 0.717) is 11.5 Å². The van der Waals surface area contributed by atoms with Crippen LogP contribution in [0.5, 0.6) is 0 Å². The van der Waals surface area contributed by atoms with E-state index in [1.54, 1.807) is 0 Å². The normalized spacial score (nSPS) is 10.5. The zero-order valence-corrected chi connectivity index (χ0v) is 12.2. The molecule has 6 heteroatoms. The van der Waals surface area contributed by atoms with Gasteiger partial charge in [-0.3, -0.25) is 0 Å². The van der Waals surface area contributed by atoms with Crippen molar-refractivity contribution in [1.82, 2.24) is 0 Å². The summed E-state index contributed by atoms with van der Waals surface area (Å²) in [5.41, 5.74) is -1.36. The Morgan fingerprint density at radius 2 is 1.29 bits per heavy atom. The van der Waals surface area contributed by atoms with Crippen LogP contribution in [0.3, 0.4) is 0 Å². The number of carboxylic acid groups (broad SMARTS) is 1. The lowest BCUT2D eigenvalue weighted by molar-refractivity contribution is 0.220. The molecule has 0 bridgehead atoms. The molecular weight excluding hydrogens is 264 g/mol. The van der Waals surface area contributed by atoms with Crippen LogP contribution >= 0.6 is 11.6 Å². The van der Waals surface area contributed by atoms with E-state index < -0.39 is 15.3 Å². The minimum absolute atomic E-state index is 0.393. The highest BCUT2D eigenvalue weighted by Crippen LogP contribution is 2.04. The summed E-state index contributed by atoms with van der Waals surface area (Å²) >= 11 is 4.19. The predicted molar refractivity (Wildman–Crippen MR) is 71.6 cm³/mol. The molecule has 104 valence electrons. The van der Waals surface area contributed by atoms with E-state index in [1.807, 2.05) is 0 Å². The van der Waals surface area contributed by atoms with Gasteiger partial charge in [-0.1, -0.05) is 39.5 Å². The Balaban J connectivity index is 0. The van der Waals surface area contributed by atoms with Crippen molar-refractivity contribution < 1.29 is 18.3 Å². The maximum atomic E-state index is 11.4. The molecule has 1 N–H and O–H groups in total. The van der Waals surface area contributed by atoms with Crippen molar-refractivity contribution in [2.75, 3.05) is 11.5 Å². The molecule has 0 atom stereocenters. The van der Waals surface area contributed by atoms with Crippen LogP contribution in [0.25, 0.3) is 0 Å². The molecule has 0 fully saturated rings. The van der Waals surface area contributed by atoms with Gasteiger partial charge in [-0.15, -0.1) is 0 Å². The van der Waals surface area contributed by atoms with Crippen LogP contribution in [0.1, 0.15) is 52.4 Å². The third-order valence-corrected chi connectivity index (χ3v) is 3.94. The average Bonchev–Trinajstić information content (AvgIpc) is 2.17. The summed E-state index contributed by atoms with van der Waals surface area (Å²) in [6.07, 6.45) is 5.92. The number of hydrogen-bond donors (Lipinski definition) is 1. The Hall–Kier alpha value is -0.290. The molecule has 0 aliphatic rings. The molecule has 0 radical (unpaired) electrons. The van der Waals surface area contributed by atoms with Crippen LogP contribution in [-0.2, 0) is 9.84 Å². The molecule has 0 aliphatic heterocycles. The quantitative estimate of drug-likeness (QED) is 0.546. The lowest BCUT2D eigenvalue weighted by Crippen LogP contribution is -2.10. The van der Waals surface area contributed by atoms with Gasteiger partial charge in [0.2, 0.25) is 0 Å². The van der Waals surface area contributed by atoms with Crippen LogP contribution in [0, 0.1) is 0 Å². The van der Waals surface area contributed by atoms with Crippen LogP contribution < -0.4 is 0 Å². The molecule has 0 aromatic heterocycles. The first-order valence-electron chi connectivity index (χ1n) is 5.94. The fourth-order valence-electron chi connectivity index (χ4n) is 1.25. The summed E-state index contributed by atoms with van der Waals surface area (Å²) in [4.78, 5) is 8.77. The van der Waals surface area contributed by atoms with Crippen LogP contribution in [0.2, 0.25) is 0 Å². The zero-order chi connectivity index (χ0) is 13.7. The van der Waals surface area contributed by atoms with Gasteiger partial charge in [0.15, 0.2) is 0 Å². The van der Waals surface area contributed by atoms with Gasteiger partial charge < -0.3 is 5.11 Å². The van der Waals surface area contributed by atoms with Crippen molar-refractivity contribution in [3.63, 3.8) is 0 Å². The Kier molecular flexibility index (Phi) is 13.6. The zero-order valence-electron chi connectivity index (χ0n) is 10.6. The minimum atomic E-state index is -2.73. The molecule has 0 aromatic rings. The van der Waals surface area contributed by atoms with E-state index in [0.717, 1.165) is 38.5 Å². The summed E-state index contributed by atoms with van der Waals surface area (Å²) in [5, 5.41) is 7.18. The summed E-state index contributed by atoms with van der Waals surface area (Å²) in [7, 11) is -2.73. The average molecular weight is 287 g/mol. The maximum absolute atomic E-state index is 11.4. The molecule has 0 amide bonds. The van der Waals surface area contributed by atoms with Crippen molar-refractivity contribution in [3.05, 3.63) is 0 Å². The fourth-order valence-corrected chi connectivity index (χ4v) is 2.74. The Labute approximate surface area is 109 Å². The van der Waals surface area contributed by atoms with E-state index in [-0.39, 0.29) is 0 Å². The molecule has 0 saturated carbocycles. The van der Waals surface area contributed by atoms with Gasteiger partial charge in [0.05, 0.1) is 11.5 Å². The molecule has 0 saturated heterocycles. The molecule has 0 aromatic carbocycles. The smallest absolute Gasteiger partial charge is 0.401 e. The predicted octanol–water partition coefficient (Wildman–Crippen LogP) is 3.68. The summed E-state index contributed by atoms with van der Waals surface area (Å²) in [6, 6.07) is 0. The van der Waals surface area contributed by atoms with Gasteiger partial charge in [-0.05, 0) is 12.8 Å². The lowest BCUT2D eigenvalue weighted by atomic mass is 10.3. The maximum Gasteiger partial charge on any atom is 0.401 e. The van der Waals surface area contributed by atoms with Crippen molar-refractivity contribution in [3.8, 4) is 0 Å². The van der Waals surface area contributed by atoms with E-state index >= 15 is 0 Å². The summed E-state index contributed by atoms with van der Waals surface area (Å²) < 4.78 is 22.8. The van der Waals surface area contributed by atoms with E-state index in [9.17, 15) is 8.42 Å². The Bertz CT molecular complexity index is 255. The number of hydrogen-bond acceptors (Lipinski definition) is 3. The first kappa shape index (κ1) is 19.1. The minimum Gasteiger partial charge on any atom is -0.469 e.